The van der Waals surface area contributed by atoms with Crippen molar-refractivity contribution in [2.75, 3.05) is 26.2 Å². The highest BCUT2D eigenvalue weighted by Gasteiger charge is 2.27. The fraction of sp³-hybridized carbons (Fsp3) is 0.615. The minimum Gasteiger partial charge on any atom is -0.392 e. The number of aromatic nitrogens is 2. The van der Waals surface area contributed by atoms with Crippen LogP contribution in [0.2, 0.25) is 0 Å². The Morgan fingerprint density at radius 3 is 2.45 bits per heavy atom. The molecule has 0 spiro atoms. The zero-order valence-corrected chi connectivity index (χ0v) is 13.0. The van der Waals surface area contributed by atoms with E-state index in [0.29, 0.717) is 23.6 Å². The fourth-order valence-electron chi connectivity index (χ4n) is 2.47. The van der Waals surface area contributed by atoms with E-state index >= 15 is 0 Å². The lowest BCUT2D eigenvalue weighted by Crippen LogP contribution is -2.54. The van der Waals surface area contributed by atoms with Gasteiger partial charge >= 0.3 is 0 Å². The van der Waals surface area contributed by atoms with Crippen LogP contribution in [0.4, 0.5) is 0 Å². The van der Waals surface area contributed by atoms with Crippen LogP contribution in [-0.4, -0.2) is 62.7 Å². The van der Waals surface area contributed by atoms with Gasteiger partial charge in [0, 0.05) is 39.4 Å². The molecule has 2 N–H and O–H groups in total. The molecule has 1 aliphatic heterocycles. The molecule has 2 rings (SSSR count). The predicted molar refractivity (Wildman–Crippen MR) is 81.7 cm³/mol. The summed E-state index contributed by atoms with van der Waals surface area (Å²) in [4.78, 5) is 17.0. The van der Waals surface area contributed by atoms with E-state index in [1.807, 2.05) is 25.8 Å². The van der Waals surface area contributed by atoms with E-state index in [4.69, 9.17) is 18.0 Å². The van der Waals surface area contributed by atoms with Crippen molar-refractivity contribution in [2.24, 2.45) is 12.8 Å². The van der Waals surface area contributed by atoms with Gasteiger partial charge in [0.05, 0.1) is 22.3 Å². The summed E-state index contributed by atoms with van der Waals surface area (Å²) in [5, 5.41) is 4.22. The smallest absolute Gasteiger partial charge is 0.257 e. The summed E-state index contributed by atoms with van der Waals surface area (Å²) in [7, 11) is 1.82. The number of piperazine rings is 1. The molecule has 1 aromatic rings. The first-order chi connectivity index (χ1) is 9.40. The third-order valence-corrected chi connectivity index (χ3v) is 4.15. The number of aryl methyl sites for hydroxylation is 2. The molecular weight excluding hydrogens is 274 g/mol. The fourth-order valence-corrected chi connectivity index (χ4v) is 2.62. The molecule has 0 aliphatic carbocycles. The van der Waals surface area contributed by atoms with Crippen molar-refractivity contribution >= 4 is 23.1 Å². The van der Waals surface area contributed by atoms with E-state index < -0.39 is 0 Å². The minimum absolute atomic E-state index is 0.0539. The molecular formula is C13H21N5OS. The molecule has 1 aromatic heterocycles. The first-order valence-electron chi connectivity index (χ1n) is 6.73. The molecule has 1 amide bonds. The van der Waals surface area contributed by atoms with Gasteiger partial charge in [-0.1, -0.05) is 12.2 Å². The number of nitrogens with zero attached hydrogens (tertiary/aromatic N) is 4. The van der Waals surface area contributed by atoms with Crippen molar-refractivity contribution in [3.05, 3.63) is 17.5 Å². The molecule has 20 heavy (non-hydrogen) atoms. The van der Waals surface area contributed by atoms with Crippen molar-refractivity contribution in [3.63, 3.8) is 0 Å². The predicted octanol–water partition coefficient (Wildman–Crippen LogP) is 0.161. The minimum atomic E-state index is 0.0539. The van der Waals surface area contributed by atoms with E-state index in [1.165, 1.54) is 0 Å². The maximum Gasteiger partial charge on any atom is 0.257 e. The van der Waals surface area contributed by atoms with Crippen LogP contribution in [0.15, 0.2) is 6.20 Å². The maximum absolute atomic E-state index is 12.4. The summed E-state index contributed by atoms with van der Waals surface area (Å²) in [6.07, 6.45) is 1.78. The zero-order chi connectivity index (χ0) is 14.9. The Morgan fingerprint density at radius 2 is 2.00 bits per heavy atom. The molecule has 1 unspecified atom stereocenters. The lowest BCUT2D eigenvalue weighted by atomic mass is 10.2. The third-order valence-electron chi connectivity index (χ3n) is 3.80. The summed E-state index contributed by atoms with van der Waals surface area (Å²) in [5.74, 6) is 0.0539. The summed E-state index contributed by atoms with van der Waals surface area (Å²) < 4.78 is 1.67. The second kappa shape index (κ2) is 5.88. The van der Waals surface area contributed by atoms with Gasteiger partial charge in [-0.05, 0) is 13.8 Å². The lowest BCUT2D eigenvalue weighted by molar-refractivity contribution is 0.0621. The molecule has 110 valence electrons. The van der Waals surface area contributed by atoms with Crippen LogP contribution in [0.25, 0.3) is 0 Å². The van der Waals surface area contributed by atoms with Crippen molar-refractivity contribution in [3.8, 4) is 0 Å². The van der Waals surface area contributed by atoms with Crippen molar-refractivity contribution < 1.29 is 4.79 Å². The Bertz CT molecular complexity index is 519. The van der Waals surface area contributed by atoms with Gasteiger partial charge < -0.3 is 10.6 Å². The van der Waals surface area contributed by atoms with Crippen LogP contribution < -0.4 is 5.73 Å². The van der Waals surface area contributed by atoms with E-state index in [9.17, 15) is 4.79 Å². The number of carbonyl (C=O) groups is 1. The quantitative estimate of drug-likeness (QED) is 0.805. The van der Waals surface area contributed by atoms with Gasteiger partial charge in [0.1, 0.15) is 0 Å². The number of hydrogen-bond acceptors (Lipinski definition) is 4. The van der Waals surface area contributed by atoms with Gasteiger partial charge in [-0.3, -0.25) is 14.4 Å². The van der Waals surface area contributed by atoms with E-state index in [0.717, 1.165) is 18.8 Å². The van der Waals surface area contributed by atoms with Crippen LogP contribution in [-0.2, 0) is 7.05 Å². The van der Waals surface area contributed by atoms with Crippen LogP contribution >= 0.6 is 12.2 Å². The van der Waals surface area contributed by atoms with Gasteiger partial charge in [0.25, 0.3) is 5.91 Å². The molecule has 1 atom stereocenters. The highest BCUT2D eigenvalue weighted by Crippen LogP contribution is 2.13. The summed E-state index contributed by atoms with van der Waals surface area (Å²) >= 11 is 5.02. The topological polar surface area (TPSA) is 67.4 Å². The molecule has 1 saturated heterocycles. The molecule has 0 aromatic carbocycles. The van der Waals surface area contributed by atoms with Gasteiger partial charge in [-0.2, -0.15) is 5.10 Å². The average Bonchev–Trinajstić information content (AvgIpc) is 2.76. The van der Waals surface area contributed by atoms with Crippen molar-refractivity contribution in [1.29, 1.82) is 0 Å². The van der Waals surface area contributed by atoms with Crippen LogP contribution in [0.5, 0.6) is 0 Å². The molecule has 1 fully saturated rings. The lowest BCUT2D eigenvalue weighted by Gasteiger charge is -2.37. The highest BCUT2D eigenvalue weighted by molar-refractivity contribution is 7.80. The average molecular weight is 295 g/mol. The summed E-state index contributed by atoms with van der Waals surface area (Å²) in [5.41, 5.74) is 7.13. The summed E-state index contributed by atoms with van der Waals surface area (Å²) in [6.45, 7) is 6.84. The molecule has 2 heterocycles. The van der Waals surface area contributed by atoms with E-state index in [-0.39, 0.29) is 11.9 Å². The number of rotatable bonds is 3. The second-order valence-corrected chi connectivity index (χ2v) is 5.68. The normalized spacial score (nSPS) is 18.1. The largest absolute Gasteiger partial charge is 0.392 e. The first-order valence-corrected chi connectivity index (χ1v) is 7.14. The Balaban J connectivity index is 1.99. The second-order valence-electron chi connectivity index (χ2n) is 5.21. The van der Waals surface area contributed by atoms with Crippen molar-refractivity contribution in [2.45, 2.75) is 19.9 Å². The molecule has 0 saturated carbocycles. The van der Waals surface area contributed by atoms with Gasteiger partial charge in [-0.15, -0.1) is 0 Å². The Morgan fingerprint density at radius 1 is 1.40 bits per heavy atom. The van der Waals surface area contributed by atoms with E-state index in [2.05, 4.69) is 10.00 Å². The maximum atomic E-state index is 12.4. The Labute approximate surface area is 124 Å². The van der Waals surface area contributed by atoms with Crippen LogP contribution in [0.3, 0.4) is 0 Å². The molecule has 7 heteroatoms. The molecule has 1 aliphatic rings. The van der Waals surface area contributed by atoms with Crippen LogP contribution in [0, 0.1) is 6.92 Å². The van der Waals surface area contributed by atoms with E-state index in [1.54, 1.807) is 10.9 Å². The Hall–Kier alpha value is -1.47. The molecule has 0 bridgehead atoms. The SMILES string of the molecule is Cc1nn(C)cc1C(=O)N1CCN(C(C)C(N)=S)CC1. The molecule has 6 nitrogen and oxygen atoms in total. The standard InChI is InChI=1S/C13H21N5OS/c1-9-11(8-16(3)15-9)13(19)18-6-4-17(5-7-18)10(2)12(14)20/h8,10H,4-7H2,1-3H3,(H2,14,20). The van der Waals surface area contributed by atoms with Crippen LogP contribution in [0.1, 0.15) is 23.0 Å². The molecule has 0 radical (unpaired) electrons. The highest BCUT2D eigenvalue weighted by atomic mass is 32.1. The summed E-state index contributed by atoms with van der Waals surface area (Å²) in [6, 6.07) is 0.0855. The first kappa shape index (κ1) is 14.9. The Kier molecular flexibility index (Phi) is 4.39. The monoisotopic (exact) mass is 295 g/mol. The third kappa shape index (κ3) is 2.99. The number of carbonyl (C=O) groups excluding carboxylic acids is 1. The van der Waals surface area contributed by atoms with Gasteiger partial charge in [-0.25, -0.2) is 0 Å². The number of nitrogens with two attached hydrogens (primary N) is 1. The number of hydrogen-bond donors (Lipinski definition) is 1. The number of thiocarbonyl (C=S) groups is 1. The number of amides is 1. The van der Waals surface area contributed by atoms with Gasteiger partial charge in [0.15, 0.2) is 0 Å². The van der Waals surface area contributed by atoms with Crippen molar-refractivity contribution in [1.82, 2.24) is 19.6 Å². The van der Waals surface area contributed by atoms with Gasteiger partial charge in [0.2, 0.25) is 0 Å². The zero-order valence-electron chi connectivity index (χ0n) is 12.2.